The number of nitrogens with one attached hydrogen (secondary N) is 1. The third-order valence-electron chi connectivity index (χ3n) is 1.91. The van der Waals surface area contributed by atoms with Crippen molar-refractivity contribution in [1.29, 1.82) is 0 Å². The van der Waals surface area contributed by atoms with Crippen LogP contribution in [0.4, 0.5) is 0 Å². The Kier molecular flexibility index (Phi) is 5.20. The number of carbonyl (C=O) groups excluding carboxylic acids is 1. The van der Waals surface area contributed by atoms with Crippen molar-refractivity contribution in [3.63, 3.8) is 0 Å². The highest BCUT2D eigenvalue weighted by Crippen LogP contribution is 2.09. The molecule has 1 N–H and O–H groups in total. The highest BCUT2D eigenvalue weighted by Gasteiger charge is 2.29. The van der Waals surface area contributed by atoms with Gasteiger partial charge in [0.05, 0.1) is 13.2 Å². The maximum atomic E-state index is 10.9. The average molecular weight is 196 g/mol. The Bertz CT molecular complexity index is 154. The normalized spacial score (nSPS) is 27.8. The molecule has 1 aliphatic rings. The summed E-state index contributed by atoms with van der Waals surface area (Å²) in [5.41, 5.74) is 0. The molecule has 0 aromatic heterocycles. The van der Waals surface area contributed by atoms with Gasteiger partial charge in [0, 0.05) is 20.1 Å². The molecule has 72 valence electrons. The standard InChI is InChI=1S/C7H13NO3.ClH/c1-10-5-3-6(8-4-5)7(9)11-2;/h5-6,8H,3-4H2,1-2H3;1H/t5-,6-;/m0./s1. The monoisotopic (exact) mass is 195 g/mol. The molecule has 0 aliphatic carbocycles. The number of methoxy groups -OCH3 is 2. The molecule has 5 heteroatoms. The maximum Gasteiger partial charge on any atom is 0.322 e. The second-order valence-electron chi connectivity index (χ2n) is 2.58. The lowest BCUT2D eigenvalue weighted by atomic mass is 10.2. The maximum absolute atomic E-state index is 10.9. The lowest BCUT2D eigenvalue weighted by Gasteiger charge is -2.06. The molecule has 0 bridgehead atoms. The van der Waals surface area contributed by atoms with E-state index in [2.05, 4.69) is 10.1 Å². The van der Waals surface area contributed by atoms with Crippen molar-refractivity contribution in [2.45, 2.75) is 18.6 Å². The minimum absolute atomic E-state index is 0. The molecule has 0 aromatic carbocycles. The minimum Gasteiger partial charge on any atom is -0.468 e. The van der Waals surface area contributed by atoms with Crippen molar-refractivity contribution < 1.29 is 14.3 Å². The first-order chi connectivity index (χ1) is 5.27. The molecule has 0 unspecified atom stereocenters. The van der Waals surface area contributed by atoms with Crippen molar-refractivity contribution in [2.75, 3.05) is 20.8 Å². The van der Waals surface area contributed by atoms with Crippen LogP contribution in [-0.2, 0) is 14.3 Å². The number of hydrogen-bond donors (Lipinski definition) is 1. The van der Waals surface area contributed by atoms with Crippen molar-refractivity contribution in [2.24, 2.45) is 0 Å². The zero-order valence-corrected chi connectivity index (χ0v) is 8.02. The van der Waals surface area contributed by atoms with Crippen LogP contribution in [0.3, 0.4) is 0 Å². The molecule has 12 heavy (non-hydrogen) atoms. The van der Waals surface area contributed by atoms with Crippen LogP contribution in [0, 0.1) is 0 Å². The molecular weight excluding hydrogens is 182 g/mol. The molecule has 0 saturated carbocycles. The van der Waals surface area contributed by atoms with Crippen LogP contribution in [0.2, 0.25) is 0 Å². The predicted octanol–water partition coefficient (Wildman–Crippen LogP) is -0.0419. The van der Waals surface area contributed by atoms with Gasteiger partial charge >= 0.3 is 5.97 Å². The lowest BCUT2D eigenvalue weighted by molar-refractivity contribution is -0.142. The molecule has 1 heterocycles. The zero-order valence-electron chi connectivity index (χ0n) is 7.20. The molecule has 1 saturated heterocycles. The Balaban J connectivity index is 0.00000121. The van der Waals surface area contributed by atoms with Gasteiger partial charge in [0.1, 0.15) is 6.04 Å². The molecule has 0 amide bonds. The van der Waals surface area contributed by atoms with Gasteiger partial charge in [-0.15, -0.1) is 12.4 Å². The molecule has 1 aliphatic heterocycles. The zero-order chi connectivity index (χ0) is 8.27. The van der Waals surface area contributed by atoms with Gasteiger partial charge in [0.2, 0.25) is 0 Å². The summed E-state index contributed by atoms with van der Waals surface area (Å²) in [6, 6.07) is -0.176. The highest BCUT2D eigenvalue weighted by atomic mass is 35.5. The molecule has 0 radical (unpaired) electrons. The van der Waals surface area contributed by atoms with Crippen molar-refractivity contribution in [3.05, 3.63) is 0 Å². The van der Waals surface area contributed by atoms with Gasteiger partial charge in [-0.2, -0.15) is 0 Å². The smallest absolute Gasteiger partial charge is 0.322 e. The molecular formula is C7H14ClNO3. The summed E-state index contributed by atoms with van der Waals surface area (Å²) in [6.07, 6.45) is 0.863. The molecule has 1 fully saturated rings. The summed E-state index contributed by atoms with van der Waals surface area (Å²) in [6.45, 7) is 0.732. The second kappa shape index (κ2) is 5.35. The number of halogens is 1. The van der Waals surface area contributed by atoms with Crippen LogP contribution in [0.1, 0.15) is 6.42 Å². The third-order valence-corrected chi connectivity index (χ3v) is 1.91. The fourth-order valence-corrected chi connectivity index (χ4v) is 1.20. The number of ether oxygens (including phenoxy) is 2. The molecule has 4 nitrogen and oxygen atoms in total. The quantitative estimate of drug-likeness (QED) is 0.629. The van der Waals surface area contributed by atoms with Crippen LogP contribution >= 0.6 is 12.4 Å². The molecule has 0 spiro atoms. The fraction of sp³-hybridized carbons (Fsp3) is 0.857. The Morgan fingerprint density at radius 1 is 1.50 bits per heavy atom. The van der Waals surface area contributed by atoms with Gasteiger partial charge < -0.3 is 14.8 Å². The van der Waals surface area contributed by atoms with E-state index >= 15 is 0 Å². The van der Waals surface area contributed by atoms with Crippen LogP contribution in [0.15, 0.2) is 0 Å². The number of esters is 1. The predicted molar refractivity (Wildman–Crippen MR) is 46.5 cm³/mol. The Labute approximate surface area is 78.0 Å². The summed E-state index contributed by atoms with van der Waals surface area (Å²) in [5.74, 6) is -0.204. The van der Waals surface area contributed by atoms with Crippen molar-refractivity contribution in [1.82, 2.24) is 5.32 Å². The molecule has 2 atom stereocenters. The van der Waals surface area contributed by atoms with Crippen molar-refractivity contribution in [3.8, 4) is 0 Å². The number of hydrogen-bond acceptors (Lipinski definition) is 4. The van der Waals surface area contributed by atoms with Gasteiger partial charge in [-0.3, -0.25) is 4.79 Å². The van der Waals surface area contributed by atoms with Gasteiger partial charge in [0.15, 0.2) is 0 Å². The van der Waals surface area contributed by atoms with Gasteiger partial charge in [-0.1, -0.05) is 0 Å². The minimum atomic E-state index is -0.204. The summed E-state index contributed by atoms with van der Waals surface area (Å²) in [4.78, 5) is 10.9. The summed E-state index contributed by atoms with van der Waals surface area (Å²) in [7, 11) is 3.04. The SMILES string of the molecule is COC(=O)[C@@H]1C[C@H](OC)CN1.Cl. The second-order valence-corrected chi connectivity index (χ2v) is 2.58. The van der Waals surface area contributed by atoms with E-state index in [4.69, 9.17) is 4.74 Å². The largest absolute Gasteiger partial charge is 0.468 e. The highest BCUT2D eigenvalue weighted by molar-refractivity contribution is 5.85. The van der Waals surface area contributed by atoms with E-state index < -0.39 is 0 Å². The fourth-order valence-electron chi connectivity index (χ4n) is 1.20. The van der Waals surface area contributed by atoms with E-state index in [9.17, 15) is 4.79 Å². The van der Waals surface area contributed by atoms with Crippen LogP contribution in [0.25, 0.3) is 0 Å². The van der Waals surface area contributed by atoms with E-state index in [0.29, 0.717) is 6.42 Å². The van der Waals surface area contributed by atoms with Gasteiger partial charge in [0.25, 0.3) is 0 Å². The Hall–Kier alpha value is -0.320. The summed E-state index contributed by atoms with van der Waals surface area (Å²) >= 11 is 0. The summed E-state index contributed by atoms with van der Waals surface area (Å²) in [5, 5.41) is 3.01. The molecule has 1 rings (SSSR count). The van der Waals surface area contributed by atoms with E-state index in [-0.39, 0.29) is 30.5 Å². The van der Waals surface area contributed by atoms with Crippen molar-refractivity contribution >= 4 is 18.4 Å². The van der Waals surface area contributed by atoms with E-state index in [1.54, 1.807) is 7.11 Å². The van der Waals surface area contributed by atoms with Gasteiger partial charge in [-0.05, 0) is 0 Å². The summed E-state index contributed by atoms with van der Waals surface area (Å²) < 4.78 is 9.64. The lowest BCUT2D eigenvalue weighted by Crippen LogP contribution is -2.31. The first-order valence-corrected chi connectivity index (χ1v) is 3.62. The van der Waals surface area contributed by atoms with Crippen LogP contribution in [-0.4, -0.2) is 38.9 Å². The molecule has 0 aromatic rings. The first kappa shape index (κ1) is 11.7. The van der Waals surface area contributed by atoms with E-state index in [1.165, 1.54) is 7.11 Å². The van der Waals surface area contributed by atoms with E-state index in [0.717, 1.165) is 6.54 Å². The van der Waals surface area contributed by atoms with Crippen LogP contribution < -0.4 is 5.32 Å². The van der Waals surface area contributed by atoms with Crippen LogP contribution in [0.5, 0.6) is 0 Å². The number of carbonyl (C=O) groups is 1. The first-order valence-electron chi connectivity index (χ1n) is 3.62. The van der Waals surface area contributed by atoms with E-state index in [1.807, 2.05) is 0 Å². The topological polar surface area (TPSA) is 47.6 Å². The average Bonchev–Trinajstić information content (AvgIpc) is 2.50. The third kappa shape index (κ3) is 2.62. The Morgan fingerprint density at radius 2 is 2.17 bits per heavy atom. The van der Waals surface area contributed by atoms with Gasteiger partial charge in [-0.25, -0.2) is 0 Å². The number of rotatable bonds is 2. The Morgan fingerprint density at radius 3 is 2.58 bits per heavy atom.